The predicted molar refractivity (Wildman–Crippen MR) is 113 cm³/mol. The topological polar surface area (TPSA) is 95.9 Å². The van der Waals surface area contributed by atoms with Crippen LogP contribution in [-0.2, 0) is 6.73 Å². The van der Waals surface area contributed by atoms with E-state index in [1.807, 2.05) is 6.07 Å². The van der Waals surface area contributed by atoms with Crippen molar-refractivity contribution in [1.29, 1.82) is 5.26 Å². The van der Waals surface area contributed by atoms with Crippen LogP contribution >= 0.6 is 0 Å². The van der Waals surface area contributed by atoms with Crippen LogP contribution in [0.3, 0.4) is 0 Å². The van der Waals surface area contributed by atoms with E-state index in [2.05, 4.69) is 14.9 Å². The Morgan fingerprint density at radius 2 is 1.97 bits per heavy atom. The number of aliphatic hydroxyl groups excluding tert-OH is 1. The summed E-state index contributed by atoms with van der Waals surface area (Å²) in [6.07, 6.45) is 3.02. The zero-order valence-corrected chi connectivity index (χ0v) is 17.3. The van der Waals surface area contributed by atoms with Gasteiger partial charge in [0.15, 0.2) is 5.43 Å². The van der Waals surface area contributed by atoms with E-state index in [9.17, 15) is 23.1 Å². The summed E-state index contributed by atoms with van der Waals surface area (Å²) in [5.74, 6) is 0.0950. The third-order valence-corrected chi connectivity index (χ3v) is 6.38. The van der Waals surface area contributed by atoms with Gasteiger partial charge in [0.05, 0.1) is 23.4 Å². The highest BCUT2D eigenvalue weighted by Gasteiger charge is 2.39. The molecule has 3 heterocycles. The molecule has 0 bridgehead atoms. The number of halogens is 3. The number of hydrogen-bond donors (Lipinski definition) is 2. The Hall–Kier alpha value is -2.90. The Morgan fingerprint density at radius 3 is 2.62 bits per heavy atom. The second-order valence-electron chi connectivity index (χ2n) is 8.31. The zero-order chi connectivity index (χ0) is 22.9. The smallest absolute Gasteiger partial charge is 0.376 e. The molecule has 0 saturated heterocycles. The van der Waals surface area contributed by atoms with E-state index >= 15 is 0 Å². The van der Waals surface area contributed by atoms with Crippen molar-refractivity contribution in [2.24, 2.45) is 5.92 Å². The third kappa shape index (κ3) is 4.23. The fourth-order valence-corrected chi connectivity index (χ4v) is 4.65. The van der Waals surface area contributed by atoms with Crippen LogP contribution < -0.4 is 10.7 Å². The first-order valence-electron chi connectivity index (χ1n) is 10.6. The summed E-state index contributed by atoms with van der Waals surface area (Å²) in [6.45, 7) is -0.00108. The van der Waals surface area contributed by atoms with Crippen molar-refractivity contribution in [1.82, 2.24) is 19.4 Å². The van der Waals surface area contributed by atoms with Gasteiger partial charge < -0.3 is 19.6 Å². The van der Waals surface area contributed by atoms with Gasteiger partial charge in [0, 0.05) is 36.1 Å². The summed E-state index contributed by atoms with van der Waals surface area (Å²) in [7, 11) is 0. The molecular weight excluding hydrogens is 423 g/mol. The molecule has 0 spiro atoms. The lowest BCUT2D eigenvalue weighted by atomic mass is 9.85. The molecule has 32 heavy (non-hydrogen) atoms. The minimum atomic E-state index is -4.44. The summed E-state index contributed by atoms with van der Waals surface area (Å²) in [5.41, 5.74) is 1.23. The van der Waals surface area contributed by atoms with Crippen molar-refractivity contribution < 1.29 is 18.3 Å². The number of fused-ring (bicyclic) bond motifs is 3. The number of pyridine rings is 2. The molecule has 3 aromatic heterocycles. The Morgan fingerprint density at radius 1 is 1.22 bits per heavy atom. The largest absolute Gasteiger partial charge is 0.404 e. The third-order valence-electron chi connectivity index (χ3n) is 6.38. The van der Waals surface area contributed by atoms with Crippen LogP contribution in [0.25, 0.3) is 21.9 Å². The van der Waals surface area contributed by atoms with Gasteiger partial charge in [-0.15, -0.1) is 0 Å². The van der Waals surface area contributed by atoms with Crippen LogP contribution in [0.4, 0.5) is 13.2 Å². The quantitative estimate of drug-likeness (QED) is 0.603. The van der Waals surface area contributed by atoms with Crippen LogP contribution in [0.15, 0.2) is 35.5 Å². The first-order valence-corrected chi connectivity index (χ1v) is 10.6. The van der Waals surface area contributed by atoms with Gasteiger partial charge >= 0.3 is 6.18 Å². The Labute approximate surface area is 182 Å². The van der Waals surface area contributed by atoms with Crippen molar-refractivity contribution >= 4 is 21.9 Å². The van der Waals surface area contributed by atoms with Crippen molar-refractivity contribution in [3.8, 4) is 6.07 Å². The van der Waals surface area contributed by atoms with E-state index in [1.54, 1.807) is 23.0 Å². The maximum atomic E-state index is 13.0. The van der Waals surface area contributed by atoms with E-state index in [0.29, 0.717) is 11.0 Å². The van der Waals surface area contributed by atoms with Gasteiger partial charge in [-0.2, -0.15) is 18.4 Å². The normalized spacial score (nSPS) is 20.5. The van der Waals surface area contributed by atoms with Gasteiger partial charge in [0.2, 0.25) is 0 Å². The second-order valence-corrected chi connectivity index (χ2v) is 8.31. The SMILES string of the molecule is N#CC[C@@H](NC[C@H]1CC[C@H](n2ccc(=O)c3cnc4c(ccn4CO)c32)CC1)C(F)(F)F. The Bertz CT molecular complexity index is 1200. The number of nitrogens with one attached hydrogen (secondary N) is 1. The lowest BCUT2D eigenvalue weighted by Crippen LogP contribution is -2.44. The fraction of sp³-hybridized carbons (Fsp3) is 0.500. The van der Waals surface area contributed by atoms with Crippen LogP contribution in [-0.4, -0.2) is 38.0 Å². The first kappa shape index (κ1) is 22.3. The van der Waals surface area contributed by atoms with Gasteiger partial charge in [-0.25, -0.2) is 4.98 Å². The summed E-state index contributed by atoms with van der Waals surface area (Å²) >= 11 is 0. The van der Waals surface area contributed by atoms with Crippen molar-refractivity contribution in [2.45, 2.75) is 57.1 Å². The number of nitriles is 1. The van der Waals surface area contributed by atoms with Crippen LogP contribution in [0.2, 0.25) is 0 Å². The summed E-state index contributed by atoms with van der Waals surface area (Å²) in [5, 5.41) is 22.0. The predicted octanol–water partition coefficient (Wildman–Crippen LogP) is 3.47. The van der Waals surface area contributed by atoms with E-state index in [-0.39, 0.29) is 30.7 Å². The standard InChI is InChI=1S/C22H24F3N5O2/c23-22(24,25)19(5-8-26)27-11-14-1-3-15(4-2-14)30-10-7-18(32)17-12-28-21-16(20(17)30)6-9-29(21)13-31/h6-7,9-10,12,14-15,19,27,31H,1-5,11,13H2/t14-,15-,19-/m1/s1. The zero-order valence-electron chi connectivity index (χ0n) is 17.3. The second kappa shape index (κ2) is 8.92. The lowest BCUT2D eigenvalue weighted by molar-refractivity contribution is -0.155. The van der Waals surface area contributed by atoms with E-state index < -0.39 is 18.6 Å². The number of alkyl halides is 3. The van der Waals surface area contributed by atoms with Gasteiger partial charge in [-0.05, 0) is 44.2 Å². The maximum Gasteiger partial charge on any atom is 0.404 e. The molecule has 3 aromatic rings. The molecule has 0 aliphatic heterocycles. The van der Waals surface area contributed by atoms with Gasteiger partial charge in [-0.1, -0.05) is 0 Å². The number of nitrogens with zero attached hydrogens (tertiary/aromatic N) is 4. The molecule has 1 atom stereocenters. The molecule has 1 aliphatic carbocycles. The maximum absolute atomic E-state index is 13.0. The fourth-order valence-electron chi connectivity index (χ4n) is 4.65. The van der Waals surface area contributed by atoms with Crippen molar-refractivity contribution in [3.05, 3.63) is 40.9 Å². The van der Waals surface area contributed by atoms with E-state index in [1.165, 1.54) is 12.3 Å². The van der Waals surface area contributed by atoms with Gasteiger partial charge in [0.1, 0.15) is 18.4 Å². The lowest BCUT2D eigenvalue weighted by Gasteiger charge is -2.32. The van der Waals surface area contributed by atoms with Crippen molar-refractivity contribution in [3.63, 3.8) is 0 Å². The first-order chi connectivity index (χ1) is 15.3. The molecule has 7 nitrogen and oxygen atoms in total. The highest BCUT2D eigenvalue weighted by molar-refractivity contribution is 6.02. The molecule has 0 aromatic carbocycles. The van der Waals surface area contributed by atoms with Crippen LogP contribution in [0, 0.1) is 17.2 Å². The molecule has 2 N–H and O–H groups in total. The molecule has 4 rings (SSSR count). The monoisotopic (exact) mass is 447 g/mol. The Kier molecular flexibility index (Phi) is 6.22. The van der Waals surface area contributed by atoms with Crippen LogP contribution in [0.5, 0.6) is 0 Å². The minimum absolute atomic E-state index is 0.0950. The highest BCUT2D eigenvalue weighted by atomic mass is 19.4. The summed E-state index contributed by atoms with van der Waals surface area (Å²) in [6, 6.07) is 3.25. The Balaban J connectivity index is 1.53. The number of hydrogen-bond acceptors (Lipinski definition) is 5. The molecule has 10 heteroatoms. The molecule has 0 amide bonds. The average Bonchev–Trinajstić information content (AvgIpc) is 3.20. The number of aliphatic hydroxyl groups is 1. The number of aromatic nitrogens is 3. The van der Waals surface area contributed by atoms with Gasteiger partial charge in [-0.3, -0.25) is 4.79 Å². The molecule has 1 saturated carbocycles. The molecule has 1 aliphatic rings. The minimum Gasteiger partial charge on any atom is -0.376 e. The molecule has 1 fully saturated rings. The summed E-state index contributed by atoms with van der Waals surface area (Å²) in [4.78, 5) is 16.8. The van der Waals surface area contributed by atoms with E-state index in [4.69, 9.17) is 5.26 Å². The average molecular weight is 447 g/mol. The van der Waals surface area contributed by atoms with E-state index in [0.717, 1.165) is 36.6 Å². The van der Waals surface area contributed by atoms with Crippen LogP contribution in [0.1, 0.15) is 38.1 Å². The number of rotatable bonds is 6. The molecule has 0 unspecified atom stereocenters. The highest BCUT2D eigenvalue weighted by Crippen LogP contribution is 2.35. The van der Waals surface area contributed by atoms with Gasteiger partial charge in [0.25, 0.3) is 0 Å². The summed E-state index contributed by atoms with van der Waals surface area (Å²) < 4.78 is 42.7. The molecule has 170 valence electrons. The molecular formula is C22H24F3N5O2. The molecule has 0 radical (unpaired) electrons. The van der Waals surface area contributed by atoms with Crippen molar-refractivity contribution in [2.75, 3.05) is 6.54 Å².